The molecule has 10 nitrogen and oxygen atoms in total. The maximum Gasteiger partial charge on any atom is 0.343 e. The highest BCUT2D eigenvalue weighted by molar-refractivity contribution is 5.97. The van der Waals surface area contributed by atoms with Crippen molar-refractivity contribution in [1.29, 1.82) is 0 Å². The van der Waals surface area contributed by atoms with Gasteiger partial charge in [-0.25, -0.2) is 14.6 Å². The summed E-state index contributed by atoms with van der Waals surface area (Å²) in [6.45, 7) is -0.349. The molecule has 0 aliphatic heterocycles. The predicted molar refractivity (Wildman–Crippen MR) is 132 cm³/mol. The van der Waals surface area contributed by atoms with E-state index in [0.717, 1.165) is 6.07 Å². The molecule has 0 radical (unpaired) electrons. The number of methoxy groups -OCH3 is 3. The molecule has 192 valence electrons. The monoisotopic (exact) mass is 509 g/mol. The highest BCUT2D eigenvalue weighted by Crippen LogP contribution is 2.38. The van der Waals surface area contributed by atoms with Crippen LogP contribution in [0, 0.1) is 5.82 Å². The van der Waals surface area contributed by atoms with Crippen LogP contribution >= 0.6 is 0 Å². The number of hydrogen-bond acceptors (Lipinski definition) is 8. The second kappa shape index (κ2) is 12.7. The molecule has 0 aliphatic carbocycles. The number of nitrogens with zero attached hydrogens (tertiary/aromatic N) is 1. The van der Waals surface area contributed by atoms with Crippen molar-refractivity contribution in [3.63, 3.8) is 0 Å². The fourth-order valence-electron chi connectivity index (χ4n) is 3.13. The summed E-state index contributed by atoms with van der Waals surface area (Å²) in [6.07, 6.45) is 1.33. The van der Waals surface area contributed by atoms with E-state index in [1.165, 1.54) is 63.9 Å². The minimum absolute atomic E-state index is 0.0694. The van der Waals surface area contributed by atoms with Gasteiger partial charge in [0.2, 0.25) is 5.75 Å². The molecular formula is C26H24FN3O7. The Morgan fingerprint density at radius 3 is 2.24 bits per heavy atom. The van der Waals surface area contributed by atoms with Crippen LogP contribution in [0.2, 0.25) is 0 Å². The molecule has 0 unspecified atom stereocenters. The molecule has 0 aromatic heterocycles. The first-order valence-corrected chi connectivity index (χ1v) is 10.8. The Labute approximate surface area is 212 Å². The summed E-state index contributed by atoms with van der Waals surface area (Å²) in [5, 5.41) is 6.31. The van der Waals surface area contributed by atoms with Gasteiger partial charge in [0.15, 0.2) is 11.5 Å². The van der Waals surface area contributed by atoms with Crippen molar-refractivity contribution < 1.29 is 37.7 Å². The van der Waals surface area contributed by atoms with E-state index in [1.807, 2.05) is 0 Å². The molecule has 0 aliphatic rings. The number of rotatable bonds is 10. The molecule has 3 aromatic carbocycles. The van der Waals surface area contributed by atoms with Crippen LogP contribution in [0.5, 0.6) is 23.0 Å². The summed E-state index contributed by atoms with van der Waals surface area (Å²) in [5.41, 5.74) is 3.08. The summed E-state index contributed by atoms with van der Waals surface area (Å²) in [4.78, 5) is 36.8. The summed E-state index contributed by atoms with van der Waals surface area (Å²) in [6, 6.07) is 14.4. The van der Waals surface area contributed by atoms with Crippen molar-refractivity contribution in [1.82, 2.24) is 10.7 Å². The Morgan fingerprint density at radius 2 is 1.59 bits per heavy atom. The van der Waals surface area contributed by atoms with Gasteiger partial charge < -0.3 is 24.3 Å². The van der Waals surface area contributed by atoms with E-state index in [2.05, 4.69) is 15.8 Å². The summed E-state index contributed by atoms with van der Waals surface area (Å²) >= 11 is 0. The normalized spacial score (nSPS) is 10.5. The van der Waals surface area contributed by atoms with Gasteiger partial charge in [-0.3, -0.25) is 9.59 Å². The number of carbonyl (C=O) groups excluding carboxylic acids is 3. The Hall–Kier alpha value is -4.93. The van der Waals surface area contributed by atoms with Crippen molar-refractivity contribution in [2.24, 2.45) is 5.10 Å². The minimum Gasteiger partial charge on any atom is -0.493 e. The Morgan fingerprint density at radius 1 is 0.892 bits per heavy atom. The zero-order chi connectivity index (χ0) is 26.8. The smallest absolute Gasteiger partial charge is 0.343 e. The average molecular weight is 509 g/mol. The third-order valence-electron chi connectivity index (χ3n) is 4.87. The van der Waals surface area contributed by atoms with Gasteiger partial charge in [0.25, 0.3) is 11.8 Å². The molecule has 37 heavy (non-hydrogen) atoms. The second-order valence-electron chi connectivity index (χ2n) is 7.36. The van der Waals surface area contributed by atoms with Gasteiger partial charge in [0.1, 0.15) is 11.6 Å². The van der Waals surface area contributed by atoms with Crippen molar-refractivity contribution >= 4 is 24.0 Å². The van der Waals surface area contributed by atoms with E-state index in [0.29, 0.717) is 22.8 Å². The predicted octanol–water partition coefficient (Wildman–Crippen LogP) is 2.95. The molecular weight excluding hydrogens is 485 g/mol. The molecule has 2 N–H and O–H groups in total. The number of hydrazone groups is 1. The first-order valence-electron chi connectivity index (χ1n) is 10.8. The van der Waals surface area contributed by atoms with E-state index in [-0.39, 0.29) is 23.4 Å². The third-order valence-corrected chi connectivity index (χ3v) is 4.87. The van der Waals surface area contributed by atoms with E-state index < -0.39 is 23.6 Å². The van der Waals surface area contributed by atoms with Crippen molar-refractivity contribution in [3.8, 4) is 23.0 Å². The number of carbonyl (C=O) groups is 3. The minimum atomic E-state index is -0.718. The number of amides is 2. The van der Waals surface area contributed by atoms with Crippen LogP contribution < -0.4 is 29.7 Å². The van der Waals surface area contributed by atoms with Crippen molar-refractivity contribution in [2.45, 2.75) is 0 Å². The van der Waals surface area contributed by atoms with Gasteiger partial charge in [-0.1, -0.05) is 18.2 Å². The molecule has 3 aromatic rings. The number of esters is 1. The molecule has 0 fully saturated rings. The van der Waals surface area contributed by atoms with Gasteiger partial charge >= 0.3 is 5.97 Å². The van der Waals surface area contributed by atoms with Gasteiger partial charge in [0, 0.05) is 5.56 Å². The van der Waals surface area contributed by atoms with Crippen LogP contribution in [0.15, 0.2) is 65.8 Å². The molecule has 11 heteroatoms. The number of nitrogens with one attached hydrogen (secondary N) is 2. The van der Waals surface area contributed by atoms with Gasteiger partial charge in [0.05, 0.1) is 39.7 Å². The first-order chi connectivity index (χ1) is 17.8. The number of ether oxygens (including phenoxy) is 4. The average Bonchev–Trinajstić information content (AvgIpc) is 2.91. The van der Waals surface area contributed by atoms with E-state index in [9.17, 15) is 18.8 Å². The molecule has 0 bridgehead atoms. The summed E-state index contributed by atoms with van der Waals surface area (Å²) in [7, 11) is 4.30. The number of hydrogen-bond donors (Lipinski definition) is 2. The SMILES string of the molecule is COc1cc(C(=O)NCC(=O)N/N=C\c2cccc(OC(=O)c3cccc(F)c3)c2)cc(OC)c1OC. The standard InChI is InChI=1S/C26H24FN3O7/c1-34-21-12-18(13-22(35-2)24(21)36-3)25(32)28-15-23(31)30-29-14-16-6-4-9-20(10-16)37-26(33)17-7-5-8-19(27)11-17/h4-14H,15H2,1-3H3,(H,28,32)(H,30,31)/b29-14-. The Balaban J connectivity index is 1.54. The lowest BCUT2D eigenvalue weighted by atomic mass is 10.1. The van der Waals surface area contributed by atoms with Crippen molar-refractivity contribution in [3.05, 3.63) is 83.2 Å². The Kier molecular flexibility index (Phi) is 9.14. The first kappa shape index (κ1) is 26.7. The highest BCUT2D eigenvalue weighted by atomic mass is 19.1. The van der Waals surface area contributed by atoms with Crippen LogP contribution in [0.25, 0.3) is 0 Å². The lowest BCUT2D eigenvalue weighted by molar-refractivity contribution is -0.120. The molecule has 0 atom stereocenters. The lowest BCUT2D eigenvalue weighted by Gasteiger charge is -2.14. The van der Waals surface area contributed by atoms with E-state index in [1.54, 1.807) is 18.2 Å². The van der Waals surface area contributed by atoms with Gasteiger partial charge in [-0.05, 0) is 48.0 Å². The van der Waals surface area contributed by atoms with Crippen LogP contribution in [-0.2, 0) is 4.79 Å². The fourth-order valence-corrected chi connectivity index (χ4v) is 3.13. The van der Waals surface area contributed by atoms with Crippen molar-refractivity contribution in [2.75, 3.05) is 27.9 Å². The van der Waals surface area contributed by atoms with Gasteiger partial charge in [-0.15, -0.1) is 0 Å². The zero-order valence-corrected chi connectivity index (χ0v) is 20.2. The van der Waals surface area contributed by atoms with E-state index in [4.69, 9.17) is 18.9 Å². The zero-order valence-electron chi connectivity index (χ0n) is 20.2. The molecule has 0 heterocycles. The van der Waals surface area contributed by atoms with Gasteiger partial charge in [-0.2, -0.15) is 5.10 Å². The fraction of sp³-hybridized carbons (Fsp3) is 0.154. The lowest BCUT2D eigenvalue weighted by Crippen LogP contribution is -2.34. The quantitative estimate of drug-likeness (QED) is 0.186. The molecule has 0 spiro atoms. The molecule has 3 rings (SSSR count). The molecule has 0 saturated carbocycles. The van der Waals surface area contributed by atoms with Crippen LogP contribution in [-0.4, -0.2) is 51.9 Å². The van der Waals surface area contributed by atoms with Crippen LogP contribution in [0.3, 0.4) is 0 Å². The van der Waals surface area contributed by atoms with E-state index >= 15 is 0 Å². The molecule has 2 amide bonds. The number of halogens is 1. The summed E-state index contributed by atoms with van der Waals surface area (Å²) < 4.78 is 34.2. The largest absolute Gasteiger partial charge is 0.493 e. The topological polar surface area (TPSA) is 125 Å². The highest BCUT2D eigenvalue weighted by Gasteiger charge is 2.17. The second-order valence-corrected chi connectivity index (χ2v) is 7.36. The molecule has 0 saturated heterocycles. The maximum atomic E-state index is 13.3. The third kappa shape index (κ3) is 7.28. The summed E-state index contributed by atoms with van der Waals surface area (Å²) in [5.74, 6) is -1.24. The van der Waals surface area contributed by atoms with Crippen LogP contribution in [0.4, 0.5) is 4.39 Å². The number of benzene rings is 3. The van der Waals surface area contributed by atoms with Crippen LogP contribution in [0.1, 0.15) is 26.3 Å². The maximum absolute atomic E-state index is 13.3. The Bertz CT molecular complexity index is 1300.